The Hall–Kier alpha value is -1.99. The summed E-state index contributed by atoms with van der Waals surface area (Å²) in [6.45, 7) is -1.07. The van der Waals surface area contributed by atoms with Gasteiger partial charge in [-0.25, -0.2) is 9.67 Å². The highest BCUT2D eigenvalue weighted by Gasteiger charge is 2.25. The minimum Gasteiger partial charge on any atom is -0.486 e. The molecule has 0 N–H and O–H groups in total. The van der Waals surface area contributed by atoms with Crippen molar-refractivity contribution in [1.82, 2.24) is 14.8 Å². The molecule has 8 heteroatoms. The quantitative estimate of drug-likeness (QED) is 0.792. The first-order valence-electron chi connectivity index (χ1n) is 6.19. The predicted octanol–water partition coefficient (Wildman–Crippen LogP) is 2.49. The van der Waals surface area contributed by atoms with Gasteiger partial charge in [-0.1, -0.05) is 12.1 Å². The summed E-state index contributed by atoms with van der Waals surface area (Å²) >= 11 is 0. The molecule has 108 valence electrons. The van der Waals surface area contributed by atoms with Crippen molar-refractivity contribution in [2.45, 2.75) is 26.5 Å². The Bertz CT molecular complexity index is 583. The summed E-state index contributed by atoms with van der Waals surface area (Å²) in [5.41, 5.74) is -0.673. The van der Waals surface area contributed by atoms with Crippen molar-refractivity contribution in [3.63, 3.8) is 0 Å². The number of aromatic nitrogens is 3. The molecule has 0 amide bonds. The Morgan fingerprint density at radius 3 is 2.70 bits per heavy atom. The van der Waals surface area contributed by atoms with Crippen molar-refractivity contribution in [2.24, 2.45) is 0 Å². The molecule has 4 nitrogen and oxygen atoms in total. The molecule has 0 aliphatic rings. The van der Waals surface area contributed by atoms with Crippen LogP contribution in [0.2, 0.25) is 0 Å². The molecule has 0 saturated heterocycles. The second-order valence-electron chi connectivity index (χ2n) is 4.65. The van der Waals surface area contributed by atoms with Crippen LogP contribution in [0.4, 0.5) is 12.9 Å². The van der Waals surface area contributed by atoms with Crippen LogP contribution in [-0.2, 0) is 6.61 Å². The van der Waals surface area contributed by atoms with E-state index < -0.39 is 12.4 Å². The normalized spacial score (nSPS) is 11.9. The van der Waals surface area contributed by atoms with E-state index in [2.05, 4.69) is 10.1 Å². The van der Waals surface area contributed by atoms with Gasteiger partial charge in [0.15, 0.2) is 5.82 Å². The summed E-state index contributed by atoms with van der Waals surface area (Å²) in [7, 11) is 0. The first-order valence-corrected chi connectivity index (χ1v) is 6.19. The maximum Gasteiger partial charge on any atom is 0.509 e. The maximum absolute atomic E-state index is 12.6. The third kappa shape index (κ3) is 3.31. The minimum absolute atomic E-state index is 0.0759. The third-order valence-electron chi connectivity index (χ3n) is 2.74. The average Bonchev–Trinajstić information content (AvgIpc) is 2.84. The molecule has 0 aliphatic heterocycles. The third-order valence-corrected chi connectivity index (χ3v) is 2.74. The first-order chi connectivity index (χ1) is 9.38. The zero-order valence-corrected chi connectivity index (χ0v) is 11.1. The number of halogens is 3. The zero-order valence-electron chi connectivity index (χ0n) is 11.1. The number of hydrogen-bond acceptors (Lipinski definition) is 3. The van der Waals surface area contributed by atoms with Crippen molar-refractivity contribution in [2.75, 3.05) is 0 Å². The van der Waals surface area contributed by atoms with Crippen molar-refractivity contribution < 1.29 is 17.7 Å². The lowest BCUT2D eigenvalue weighted by Gasteiger charge is -2.16. The van der Waals surface area contributed by atoms with Gasteiger partial charge in [0, 0.05) is 6.04 Å². The van der Waals surface area contributed by atoms with E-state index >= 15 is 0 Å². The van der Waals surface area contributed by atoms with Gasteiger partial charge in [-0.2, -0.15) is 5.10 Å². The number of hydrogen-bond donors (Lipinski definition) is 0. The van der Waals surface area contributed by atoms with Crippen LogP contribution >= 0.6 is 0 Å². The van der Waals surface area contributed by atoms with E-state index in [0.29, 0.717) is 5.82 Å². The molecule has 0 spiro atoms. The molecule has 0 fully saturated rings. The summed E-state index contributed by atoms with van der Waals surface area (Å²) < 4.78 is 44.9. The van der Waals surface area contributed by atoms with Crippen LogP contribution in [0.5, 0.6) is 5.75 Å². The van der Waals surface area contributed by atoms with E-state index in [1.54, 1.807) is 4.68 Å². The van der Waals surface area contributed by atoms with Gasteiger partial charge in [-0.05, 0) is 26.0 Å². The van der Waals surface area contributed by atoms with Gasteiger partial charge >= 0.3 is 6.98 Å². The number of benzene rings is 1. The highest BCUT2D eigenvalue weighted by atomic mass is 19.4. The Balaban J connectivity index is 2.09. The van der Waals surface area contributed by atoms with Gasteiger partial charge in [0.2, 0.25) is 0 Å². The topological polar surface area (TPSA) is 39.9 Å². The van der Waals surface area contributed by atoms with Crippen LogP contribution in [0.15, 0.2) is 30.6 Å². The first kappa shape index (κ1) is 14.4. The summed E-state index contributed by atoms with van der Waals surface area (Å²) in [4.78, 5) is 4.03. The molecule has 0 saturated carbocycles. The average molecular weight is 284 g/mol. The number of rotatable bonds is 5. The highest BCUT2D eigenvalue weighted by molar-refractivity contribution is 6.73. The molecule has 0 atom stereocenters. The molecule has 0 unspecified atom stereocenters. The van der Waals surface area contributed by atoms with Gasteiger partial charge < -0.3 is 17.7 Å². The predicted molar refractivity (Wildman–Crippen MR) is 69.9 cm³/mol. The number of nitrogens with zero attached hydrogens (tertiary/aromatic N) is 3. The van der Waals surface area contributed by atoms with Gasteiger partial charge in [-0.15, -0.1) is 5.46 Å². The van der Waals surface area contributed by atoms with E-state index in [-0.39, 0.29) is 18.4 Å². The van der Waals surface area contributed by atoms with Crippen LogP contribution in [0.1, 0.15) is 25.7 Å². The standard InChI is InChI=1S/C12H14BF3N3O/c1-9(2)19-12(17-8-18-19)7-20-11-5-3-4-10(6-11)13(14,15)16/h3-6,8-9H,7H2,1-2H3/q-1. The molecule has 2 rings (SSSR count). The van der Waals surface area contributed by atoms with E-state index in [1.807, 2.05) is 13.8 Å². The smallest absolute Gasteiger partial charge is 0.486 e. The molecule has 20 heavy (non-hydrogen) atoms. The SMILES string of the molecule is CC(C)n1ncnc1COc1cccc([B-](F)(F)F)c1. The van der Waals surface area contributed by atoms with E-state index in [9.17, 15) is 12.9 Å². The van der Waals surface area contributed by atoms with Gasteiger partial charge in [0.1, 0.15) is 18.7 Å². The van der Waals surface area contributed by atoms with Crippen molar-refractivity contribution in [3.05, 3.63) is 36.4 Å². The van der Waals surface area contributed by atoms with Gasteiger partial charge in [0.05, 0.1) is 0 Å². The summed E-state index contributed by atoms with van der Waals surface area (Å²) in [6.07, 6.45) is 1.40. The summed E-state index contributed by atoms with van der Waals surface area (Å²) in [5, 5.41) is 4.03. The molecular weight excluding hydrogens is 270 g/mol. The van der Waals surface area contributed by atoms with E-state index in [1.165, 1.54) is 18.5 Å². The van der Waals surface area contributed by atoms with Crippen LogP contribution in [0.3, 0.4) is 0 Å². The van der Waals surface area contributed by atoms with Crippen molar-refractivity contribution in [1.29, 1.82) is 0 Å². The fraction of sp³-hybridized carbons (Fsp3) is 0.333. The molecule has 0 radical (unpaired) electrons. The fourth-order valence-electron chi connectivity index (χ4n) is 1.76. The second-order valence-corrected chi connectivity index (χ2v) is 4.65. The van der Waals surface area contributed by atoms with Crippen LogP contribution in [0.25, 0.3) is 0 Å². The maximum atomic E-state index is 12.6. The lowest BCUT2D eigenvalue weighted by atomic mass is 9.80. The molecule has 1 heterocycles. The minimum atomic E-state index is -5.02. The Kier molecular flexibility index (Phi) is 4.01. The Labute approximate surface area is 114 Å². The summed E-state index contributed by atoms with van der Waals surface area (Å²) in [6, 6.07) is 4.95. The van der Waals surface area contributed by atoms with Crippen LogP contribution < -0.4 is 10.2 Å². The molecule has 1 aromatic heterocycles. The highest BCUT2D eigenvalue weighted by Crippen LogP contribution is 2.16. The van der Waals surface area contributed by atoms with Crippen molar-refractivity contribution >= 4 is 12.4 Å². The monoisotopic (exact) mass is 284 g/mol. The molecule has 2 aromatic rings. The Morgan fingerprint density at radius 1 is 1.30 bits per heavy atom. The van der Waals surface area contributed by atoms with Crippen LogP contribution in [-0.4, -0.2) is 21.7 Å². The van der Waals surface area contributed by atoms with Gasteiger partial charge in [-0.3, -0.25) is 0 Å². The molecule has 1 aromatic carbocycles. The molecule has 0 aliphatic carbocycles. The lowest BCUT2D eigenvalue weighted by molar-refractivity contribution is 0.282. The van der Waals surface area contributed by atoms with Crippen molar-refractivity contribution in [3.8, 4) is 5.75 Å². The molecular formula is C12H14BF3N3O-. The summed E-state index contributed by atoms with van der Waals surface area (Å²) in [5.74, 6) is 0.739. The lowest BCUT2D eigenvalue weighted by Crippen LogP contribution is -2.33. The fourth-order valence-corrected chi connectivity index (χ4v) is 1.76. The van der Waals surface area contributed by atoms with E-state index in [4.69, 9.17) is 4.74 Å². The second kappa shape index (κ2) is 5.56. The van der Waals surface area contributed by atoms with Gasteiger partial charge in [0.25, 0.3) is 0 Å². The molecule has 0 bridgehead atoms. The zero-order chi connectivity index (χ0) is 14.8. The number of ether oxygens (including phenoxy) is 1. The largest absolute Gasteiger partial charge is 0.509 e. The Morgan fingerprint density at radius 2 is 2.05 bits per heavy atom. The van der Waals surface area contributed by atoms with Crippen LogP contribution in [0, 0.1) is 0 Å². The van der Waals surface area contributed by atoms with E-state index in [0.717, 1.165) is 12.1 Å².